The summed E-state index contributed by atoms with van der Waals surface area (Å²) in [6.45, 7) is 2.76. The molecule has 1 aliphatic rings. The molecular formula is C19H22FN3O2. The highest BCUT2D eigenvalue weighted by Crippen LogP contribution is 2.21. The highest BCUT2D eigenvalue weighted by atomic mass is 19.1. The molecule has 5 nitrogen and oxygen atoms in total. The quantitative estimate of drug-likeness (QED) is 0.922. The minimum absolute atomic E-state index is 0.0181. The molecule has 1 aromatic heterocycles. The van der Waals surface area contributed by atoms with Crippen LogP contribution < -0.4 is 4.90 Å². The second kappa shape index (κ2) is 8.07. The normalized spacial score (nSPS) is 15.1. The molecule has 0 saturated carbocycles. The van der Waals surface area contributed by atoms with Crippen LogP contribution >= 0.6 is 0 Å². The van der Waals surface area contributed by atoms with Crippen LogP contribution in [0.2, 0.25) is 0 Å². The maximum absolute atomic E-state index is 13.3. The lowest BCUT2D eigenvalue weighted by molar-refractivity contribution is -0.130. The Labute approximate surface area is 146 Å². The van der Waals surface area contributed by atoms with Crippen LogP contribution in [0.15, 0.2) is 42.7 Å². The third-order valence-corrected chi connectivity index (χ3v) is 4.48. The van der Waals surface area contributed by atoms with Crippen molar-refractivity contribution < 1.29 is 14.3 Å². The number of rotatable bonds is 4. The molecule has 0 spiro atoms. The van der Waals surface area contributed by atoms with Gasteiger partial charge in [0.2, 0.25) is 5.91 Å². The first-order chi connectivity index (χ1) is 12.2. The lowest BCUT2D eigenvalue weighted by atomic mass is 10.1. The van der Waals surface area contributed by atoms with Crippen molar-refractivity contribution in [3.63, 3.8) is 0 Å². The van der Waals surface area contributed by atoms with Crippen molar-refractivity contribution in [2.24, 2.45) is 0 Å². The van der Waals surface area contributed by atoms with E-state index in [1.165, 1.54) is 12.1 Å². The van der Waals surface area contributed by atoms with E-state index in [1.807, 2.05) is 11.0 Å². The predicted octanol–water partition coefficient (Wildman–Crippen LogP) is 1.99. The summed E-state index contributed by atoms with van der Waals surface area (Å²) in [5.41, 5.74) is 2.46. The van der Waals surface area contributed by atoms with Gasteiger partial charge >= 0.3 is 0 Å². The summed E-state index contributed by atoms with van der Waals surface area (Å²) in [4.78, 5) is 20.6. The van der Waals surface area contributed by atoms with Gasteiger partial charge in [0.25, 0.3) is 0 Å². The van der Waals surface area contributed by atoms with Gasteiger partial charge < -0.3 is 14.9 Å². The minimum Gasteiger partial charge on any atom is -0.392 e. The molecule has 0 unspecified atom stereocenters. The van der Waals surface area contributed by atoms with Crippen LogP contribution in [0.4, 0.5) is 10.1 Å². The molecule has 3 rings (SSSR count). The van der Waals surface area contributed by atoms with Crippen molar-refractivity contribution in [3.05, 3.63) is 59.7 Å². The number of benzene rings is 1. The molecule has 1 fully saturated rings. The zero-order valence-corrected chi connectivity index (χ0v) is 14.1. The molecule has 1 aliphatic heterocycles. The number of halogens is 1. The topological polar surface area (TPSA) is 56.7 Å². The summed E-state index contributed by atoms with van der Waals surface area (Å²) in [5, 5.41) is 9.48. The molecule has 1 amide bonds. The third-order valence-electron chi connectivity index (χ3n) is 4.48. The lowest BCUT2D eigenvalue weighted by Crippen LogP contribution is -2.36. The van der Waals surface area contributed by atoms with E-state index in [9.17, 15) is 14.3 Å². The van der Waals surface area contributed by atoms with E-state index < -0.39 is 0 Å². The number of anilines is 1. The number of carbonyl (C=O) groups excluding carboxylic acids is 1. The van der Waals surface area contributed by atoms with E-state index in [-0.39, 0.29) is 24.8 Å². The summed E-state index contributed by atoms with van der Waals surface area (Å²) in [6.07, 6.45) is 4.45. The molecule has 0 radical (unpaired) electrons. The Morgan fingerprint density at radius 1 is 1.20 bits per heavy atom. The zero-order chi connectivity index (χ0) is 17.6. The van der Waals surface area contributed by atoms with Crippen molar-refractivity contribution in [1.82, 2.24) is 9.88 Å². The molecule has 6 heteroatoms. The van der Waals surface area contributed by atoms with Crippen LogP contribution in [-0.2, 0) is 17.8 Å². The molecule has 1 aromatic carbocycles. The zero-order valence-electron chi connectivity index (χ0n) is 14.1. The fourth-order valence-corrected chi connectivity index (χ4v) is 3.19. The second-order valence-corrected chi connectivity index (χ2v) is 6.19. The number of nitrogens with zero attached hydrogens (tertiary/aromatic N) is 3. The Hall–Kier alpha value is -2.47. The number of aliphatic hydroxyl groups is 1. The fourth-order valence-electron chi connectivity index (χ4n) is 3.19. The van der Waals surface area contributed by atoms with Gasteiger partial charge in [0.15, 0.2) is 0 Å². The Balaban J connectivity index is 1.64. The SMILES string of the molecule is O=C(Cc1cccc(F)c1)N1CCCN(c2ccncc2CO)CC1. The molecule has 25 heavy (non-hydrogen) atoms. The molecule has 0 aliphatic carbocycles. The molecular weight excluding hydrogens is 321 g/mol. The van der Waals surface area contributed by atoms with Gasteiger partial charge in [-0.25, -0.2) is 4.39 Å². The average Bonchev–Trinajstić information content (AvgIpc) is 2.88. The Morgan fingerprint density at radius 2 is 2.08 bits per heavy atom. The summed E-state index contributed by atoms with van der Waals surface area (Å²) in [7, 11) is 0. The molecule has 2 aromatic rings. The third kappa shape index (κ3) is 4.33. The van der Waals surface area contributed by atoms with Crippen LogP contribution in [0.3, 0.4) is 0 Å². The van der Waals surface area contributed by atoms with E-state index in [0.717, 1.165) is 24.2 Å². The first-order valence-electron chi connectivity index (χ1n) is 8.48. The number of aromatic nitrogens is 1. The minimum atomic E-state index is -0.318. The number of hydrogen-bond donors (Lipinski definition) is 1. The van der Waals surface area contributed by atoms with Crippen LogP contribution in [0.5, 0.6) is 0 Å². The Kier molecular flexibility index (Phi) is 5.60. The lowest BCUT2D eigenvalue weighted by Gasteiger charge is -2.25. The molecule has 0 atom stereocenters. The summed E-state index contributed by atoms with van der Waals surface area (Å²) in [5.74, 6) is -0.300. The highest BCUT2D eigenvalue weighted by molar-refractivity contribution is 5.79. The standard InChI is InChI=1S/C19H22FN3O2/c20-17-4-1-3-15(11-17)12-19(25)23-8-2-7-22(9-10-23)18-5-6-21-13-16(18)14-24/h1,3-6,11,13,24H,2,7-10,12,14H2. The van der Waals surface area contributed by atoms with E-state index >= 15 is 0 Å². The Morgan fingerprint density at radius 3 is 2.88 bits per heavy atom. The van der Waals surface area contributed by atoms with Gasteiger partial charge in [-0.3, -0.25) is 9.78 Å². The average molecular weight is 343 g/mol. The van der Waals surface area contributed by atoms with Gasteiger partial charge in [-0.15, -0.1) is 0 Å². The summed E-state index contributed by atoms with van der Waals surface area (Å²) >= 11 is 0. The van der Waals surface area contributed by atoms with Gasteiger partial charge in [0.05, 0.1) is 13.0 Å². The van der Waals surface area contributed by atoms with Crippen LogP contribution in [-0.4, -0.2) is 47.1 Å². The van der Waals surface area contributed by atoms with E-state index in [2.05, 4.69) is 9.88 Å². The predicted molar refractivity (Wildman–Crippen MR) is 93.7 cm³/mol. The van der Waals surface area contributed by atoms with Gasteiger partial charge in [-0.1, -0.05) is 12.1 Å². The number of carbonyl (C=O) groups is 1. The number of hydrogen-bond acceptors (Lipinski definition) is 4. The number of pyridine rings is 1. The Bertz CT molecular complexity index is 738. The van der Waals surface area contributed by atoms with Gasteiger partial charge in [0.1, 0.15) is 5.82 Å². The monoisotopic (exact) mass is 343 g/mol. The number of aliphatic hydroxyl groups excluding tert-OH is 1. The first-order valence-corrected chi connectivity index (χ1v) is 8.48. The van der Waals surface area contributed by atoms with Crippen molar-refractivity contribution in [3.8, 4) is 0 Å². The smallest absolute Gasteiger partial charge is 0.227 e. The molecule has 1 saturated heterocycles. The fraction of sp³-hybridized carbons (Fsp3) is 0.368. The van der Waals surface area contributed by atoms with Crippen molar-refractivity contribution in [2.45, 2.75) is 19.4 Å². The highest BCUT2D eigenvalue weighted by Gasteiger charge is 2.20. The van der Waals surface area contributed by atoms with E-state index in [0.29, 0.717) is 25.2 Å². The van der Waals surface area contributed by atoms with Gasteiger partial charge in [-0.05, 0) is 30.2 Å². The van der Waals surface area contributed by atoms with E-state index in [1.54, 1.807) is 24.5 Å². The molecule has 1 N–H and O–H groups in total. The van der Waals surface area contributed by atoms with E-state index in [4.69, 9.17) is 0 Å². The number of amides is 1. The van der Waals surface area contributed by atoms with Crippen LogP contribution in [0.1, 0.15) is 17.5 Å². The molecule has 132 valence electrons. The van der Waals surface area contributed by atoms with Crippen molar-refractivity contribution >= 4 is 11.6 Å². The largest absolute Gasteiger partial charge is 0.392 e. The van der Waals surface area contributed by atoms with Crippen molar-refractivity contribution in [2.75, 3.05) is 31.1 Å². The van der Waals surface area contributed by atoms with Gasteiger partial charge in [0, 0.05) is 49.8 Å². The summed E-state index contributed by atoms with van der Waals surface area (Å²) in [6, 6.07) is 8.09. The summed E-state index contributed by atoms with van der Waals surface area (Å²) < 4.78 is 13.3. The second-order valence-electron chi connectivity index (χ2n) is 6.19. The van der Waals surface area contributed by atoms with Crippen LogP contribution in [0, 0.1) is 5.82 Å². The van der Waals surface area contributed by atoms with Crippen molar-refractivity contribution in [1.29, 1.82) is 0 Å². The van der Waals surface area contributed by atoms with Gasteiger partial charge in [-0.2, -0.15) is 0 Å². The maximum atomic E-state index is 13.3. The van der Waals surface area contributed by atoms with Crippen LogP contribution in [0.25, 0.3) is 0 Å². The first kappa shape index (κ1) is 17.4. The molecule has 2 heterocycles. The molecule has 0 bridgehead atoms. The maximum Gasteiger partial charge on any atom is 0.227 e.